The summed E-state index contributed by atoms with van der Waals surface area (Å²) in [4.78, 5) is 0. The molecule has 1 fully saturated rings. The molecule has 4 nitrogen and oxygen atoms in total. The maximum absolute atomic E-state index is 11.8. The van der Waals surface area contributed by atoms with E-state index in [-0.39, 0.29) is 5.75 Å². The lowest BCUT2D eigenvalue weighted by atomic mass is 9.81. The van der Waals surface area contributed by atoms with Crippen LogP contribution in [0, 0.1) is 11.8 Å². The second-order valence-electron chi connectivity index (χ2n) is 6.23. The quantitative estimate of drug-likeness (QED) is 0.610. The van der Waals surface area contributed by atoms with E-state index in [1.807, 2.05) is 0 Å². The minimum Gasteiger partial charge on any atom is -0.317 e. The molecule has 1 aliphatic rings. The van der Waals surface area contributed by atoms with Gasteiger partial charge in [-0.25, -0.2) is 13.1 Å². The SMILES string of the molecule is CCCNCCCS(=O)(=O)NCCC1CCC(C)CC1. The number of hydrogen-bond donors (Lipinski definition) is 2. The number of rotatable bonds is 10. The Labute approximate surface area is 125 Å². The van der Waals surface area contributed by atoms with E-state index in [1.54, 1.807) is 0 Å². The van der Waals surface area contributed by atoms with E-state index >= 15 is 0 Å². The largest absolute Gasteiger partial charge is 0.317 e. The van der Waals surface area contributed by atoms with Gasteiger partial charge in [0.15, 0.2) is 0 Å². The Morgan fingerprint density at radius 1 is 1.05 bits per heavy atom. The molecule has 0 aromatic heterocycles. The highest BCUT2D eigenvalue weighted by molar-refractivity contribution is 7.89. The zero-order chi connectivity index (χ0) is 14.8. The van der Waals surface area contributed by atoms with Crippen LogP contribution in [0.1, 0.15) is 58.8 Å². The van der Waals surface area contributed by atoms with Crippen LogP contribution in [0.3, 0.4) is 0 Å². The molecule has 0 bridgehead atoms. The summed E-state index contributed by atoms with van der Waals surface area (Å²) in [5.74, 6) is 1.82. The molecule has 0 spiro atoms. The summed E-state index contributed by atoms with van der Waals surface area (Å²) in [6.45, 7) is 6.79. The highest BCUT2D eigenvalue weighted by Crippen LogP contribution is 2.29. The molecule has 20 heavy (non-hydrogen) atoms. The van der Waals surface area contributed by atoms with Crippen LogP contribution >= 0.6 is 0 Å². The summed E-state index contributed by atoms with van der Waals surface area (Å²) in [6, 6.07) is 0. The summed E-state index contributed by atoms with van der Waals surface area (Å²) in [5, 5.41) is 3.23. The van der Waals surface area contributed by atoms with E-state index in [1.165, 1.54) is 25.7 Å². The highest BCUT2D eigenvalue weighted by Gasteiger charge is 2.18. The van der Waals surface area contributed by atoms with E-state index in [9.17, 15) is 8.42 Å². The molecule has 0 heterocycles. The first-order valence-corrected chi connectivity index (χ1v) is 9.86. The smallest absolute Gasteiger partial charge is 0.211 e. The zero-order valence-electron chi connectivity index (χ0n) is 13.2. The molecule has 120 valence electrons. The van der Waals surface area contributed by atoms with Gasteiger partial charge in [-0.2, -0.15) is 0 Å². The van der Waals surface area contributed by atoms with Crippen molar-refractivity contribution < 1.29 is 8.42 Å². The van der Waals surface area contributed by atoms with Gasteiger partial charge in [0.1, 0.15) is 0 Å². The van der Waals surface area contributed by atoms with Gasteiger partial charge in [0.25, 0.3) is 0 Å². The molecule has 0 radical (unpaired) electrons. The van der Waals surface area contributed by atoms with E-state index in [0.29, 0.717) is 13.0 Å². The van der Waals surface area contributed by atoms with Gasteiger partial charge in [-0.3, -0.25) is 0 Å². The van der Waals surface area contributed by atoms with Gasteiger partial charge < -0.3 is 5.32 Å². The fourth-order valence-corrected chi connectivity index (χ4v) is 3.90. The monoisotopic (exact) mass is 304 g/mol. The Morgan fingerprint density at radius 2 is 1.75 bits per heavy atom. The summed E-state index contributed by atoms with van der Waals surface area (Å²) in [6.07, 6.45) is 7.93. The van der Waals surface area contributed by atoms with Crippen LogP contribution in [0.15, 0.2) is 0 Å². The van der Waals surface area contributed by atoms with Gasteiger partial charge >= 0.3 is 0 Å². The van der Waals surface area contributed by atoms with Crippen molar-refractivity contribution in [1.29, 1.82) is 0 Å². The normalized spacial score (nSPS) is 23.9. The molecule has 1 rings (SSSR count). The minimum atomic E-state index is -3.07. The van der Waals surface area contributed by atoms with Gasteiger partial charge in [0.05, 0.1) is 5.75 Å². The van der Waals surface area contributed by atoms with E-state index in [4.69, 9.17) is 0 Å². The number of nitrogens with one attached hydrogen (secondary N) is 2. The molecule has 0 saturated heterocycles. The molecule has 1 saturated carbocycles. The third-order valence-electron chi connectivity index (χ3n) is 4.20. The Kier molecular flexibility index (Phi) is 8.73. The average Bonchev–Trinajstić information content (AvgIpc) is 2.40. The van der Waals surface area contributed by atoms with Gasteiger partial charge in [0, 0.05) is 6.54 Å². The summed E-state index contributed by atoms with van der Waals surface area (Å²) in [5.41, 5.74) is 0. The summed E-state index contributed by atoms with van der Waals surface area (Å²) in [7, 11) is -3.07. The molecule has 0 atom stereocenters. The van der Waals surface area contributed by atoms with E-state index < -0.39 is 10.0 Å². The van der Waals surface area contributed by atoms with Crippen molar-refractivity contribution in [2.45, 2.75) is 58.8 Å². The molecule has 2 N–H and O–H groups in total. The molecule has 0 unspecified atom stereocenters. The second-order valence-corrected chi connectivity index (χ2v) is 8.16. The van der Waals surface area contributed by atoms with Crippen molar-refractivity contribution in [3.8, 4) is 0 Å². The van der Waals surface area contributed by atoms with Crippen molar-refractivity contribution >= 4 is 10.0 Å². The minimum absolute atomic E-state index is 0.241. The lowest BCUT2D eigenvalue weighted by Crippen LogP contribution is -2.30. The molecule has 0 amide bonds. The fourth-order valence-electron chi connectivity index (χ4n) is 2.80. The van der Waals surface area contributed by atoms with Crippen molar-refractivity contribution in [2.75, 3.05) is 25.4 Å². The average molecular weight is 305 g/mol. The molecule has 0 aromatic rings. The summed E-state index contributed by atoms with van der Waals surface area (Å²) < 4.78 is 26.4. The van der Waals surface area contributed by atoms with Crippen LogP contribution in [0.4, 0.5) is 0 Å². The van der Waals surface area contributed by atoms with Crippen molar-refractivity contribution in [2.24, 2.45) is 11.8 Å². The van der Waals surface area contributed by atoms with Crippen LogP contribution in [0.5, 0.6) is 0 Å². The maximum atomic E-state index is 11.8. The third-order valence-corrected chi connectivity index (χ3v) is 5.67. The van der Waals surface area contributed by atoms with Crippen LogP contribution in [0.25, 0.3) is 0 Å². The lowest BCUT2D eigenvalue weighted by Gasteiger charge is -2.26. The van der Waals surface area contributed by atoms with Gasteiger partial charge in [-0.05, 0) is 44.2 Å². The Morgan fingerprint density at radius 3 is 2.40 bits per heavy atom. The molecule has 0 aliphatic heterocycles. The van der Waals surface area contributed by atoms with Gasteiger partial charge in [-0.15, -0.1) is 0 Å². The standard InChI is InChI=1S/C15H32N2O2S/c1-3-10-16-11-4-13-20(18,19)17-12-9-15-7-5-14(2)6-8-15/h14-17H,3-13H2,1-2H3. The predicted octanol–water partition coefficient (Wildman–Crippen LogP) is 2.51. The third kappa shape index (κ3) is 8.22. The molecule has 5 heteroatoms. The number of hydrogen-bond acceptors (Lipinski definition) is 3. The second kappa shape index (κ2) is 9.74. The Balaban J connectivity index is 2.07. The fraction of sp³-hybridized carbons (Fsp3) is 1.00. The van der Waals surface area contributed by atoms with Gasteiger partial charge in [-0.1, -0.05) is 39.5 Å². The molecule has 0 aromatic carbocycles. The molecular weight excluding hydrogens is 272 g/mol. The number of sulfonamides is 1. The van der Waals surface area contributed by atoms with Crippen molar-refractivity contribution in [3.05, 3.63) is 0 Å². The van der Waals surface area contributed by atoms with Crippen molar-refractivity contribution in [3.63, 3.8) is 0 Å². The topological polar surface area (TPSA) is 58.2 Å². The first kappa shape index (κ1) is 17.9. The predicted molar refractivity (Wildman–Crippen MR) is 85.3 cm³/mol. The summed E-state index contributed by atoms with van der Waals surface area (Å²) >= 11 is 0. The van der Waals surface area contributed by atoms with Crippen LogP contribution in [-0.2, 0) is 10.0 Å². The van der Waals surface area contributed by atoms with Crippen LogP contribution in [0.2, 0.25) is 0 Å². The zero-order valence-corrected chi connectivity index (χ0v) is 14.0. The molecule has 1 aliphatic carbocycles. The van der Waals surface area contributed by atoms with Crippen molar-refractivity contribution in [1.82, 2.24) is 10.0 Å². The Bertz CT molecular complexity index is 336. The first-order valence-electron chi connectivity index (χ1n) is 8.21. The maximum Gasteiger partial charge on any atom is 0.211 e. The van der Waals surface area contributed by atoms with Crippen LogP contribution < -0.4 is 10.0 Å². The van der Waals surface area contributed by atoms with E-state index in [0.717, 1.165) is 37.8 Å². The van der Waals surface area contributed by atoms with E-state index in [2.05, 4.69) is 23.9 Å². The molecular formula is C15H32N2O2S. The lowest BCUT2D eigenvalue weighted by molar-refractivity contribution is 0.278. The highest BCUT2D eigenvalue weighted by atomic mass is 32.2. The first-order chi connectivity index (χ1) is 9.53. The van der Waals surface area contributed by atoms with Gasteiger partial charge in [0.2, 0.25) is 10.0 Å². The van der Waals surface area contributed by atoms with Crippen LogP contribution in [-0.4, -0.2) is 33.8 Å². The Hall–Kier alpha value is -0.130.